The van der Waals surface area contributed by atoms with Crippen LogP contribution in [0.5, 0.6) is 0 Å². The number of methoxy groups -OCH3 is 1. The molecular weight excluding hydrogens is 272 g/mol. The fourth-order valence-electron chi connectivity index (χ4n) is 2.82. The molecule has 1 atom stereocenters. The first-order valence-electron chi connectivity index (χ1n) is 7.09. The standard InChI is InChI=1S/C15H18N2O4/c1-20-15(19)17-9-7-12(21-17)10-14(18)16-8-6-11-4-2-3-5-13(11)16/h2-5,12H,6-10H2,1H3/t12-/m1/s1. The molecule has 0 spiro atoms. The van der Waals surface area contributed by atoms with Crippen molar-refractivity contribution in [2.75, 3.05) is 25.1 Å². The Labute approximate surface area is 123 Å². The van der Waals surface area contributed by atoms with Crippen molar-refractivity contribution in [3.8, 4) is 0 Å². The third-order valence-electron chi connectivity index (χ3n) is 3.90. The van der Waals surface area contributed by atoms with Crippen molar-refractivity contribution in [3.05, 3.63) is 29.8 Å². The number of carbonyl (C=O) groups excluding carboxylic acids is 2. The largest absolute Gasteiger partial charge is 0.451 e. The molecular formula is C15H18N2O4. The highest BCUT2D eigenvalue weighted by molar-refractivity contribution is 5.95. The van der Waals surface area contributed by atoms with Crippen LogP contribution in [0, 0.1) is 0 Å². The Morgan fingerprint density at radius 1 is 1.33 bits per heavy atom. The number of carbonyl (C=O) groups is 2. The van der Waals surface area contributed by atoms with E-state index in [9.17, 15) is 9.59 Å². The van der Waals surface area contributed by atoms with Gasteiger partial charge >= 0.3 is 6.09 Å². The number of nitrogens with zero attached hydrogens (tertiary/aromatic N) is 2. The number of hydrogen-bond acceptors (Lipinski definition) is 4. The van der Waals surface area contributed by atoms with Crippen molar-refractivity contribution in [3.63, 3.8) is 0 Å². The lowest BCUT2D eigenvalue weighted by Gasteiger charge is -2.19. The van der Waals surface area contributed by atoms with Crippen molar-refractivity contribution in [1.29, 1.82) is 0 Å². The molecule has 2 heterocycles. The van der Waals surface area contributed by atoms with Crippen LogP contribution >= 0.6 is 0 Å². The maximum atomic E-state index is 12.4. The molecule has 2 amide bonds. The van der Waals surface area contributed by atoms with Crippen LogP contribution in [0.1, 0.15) is 18.4 Å². The quantitative estimate of drug-likeness (QED) is 0.832. The van der Waals surface area contributed by atoms with Crippen LogP contribution in [0.2, 0.25) is 0 Å². The zero-order valence-corrected chi connectivity index (χ0v) is 11.9. The summed E-state index contributed by atoms with van der Waals surface area (Å²) in [6.45, 7) is 1.17. The summed E-state index contributed by atoms with van der Waals surface area (Å²) in [4.78, 5) is 31.0. The molecule has 1 aromatic rings. The lowest BCUT2D eigenvalue weighted by Crippen LogP contribution is -2.33. The molecule has 3 rings (SSSR count). The number of anilines is 1. The van der Waals surface area contributed by atoms with E-state index < -0.39 is 6.09 Å². The van der Waals surface area contributed by atoms with Crippen LogP contribution < -0.4 is 4.90 Å². The minimum Gasteiger partial charge on any atom is -0.451 e. The molecule has 21 heavy (non-hydrogen) atoms. The maximum absolute atomic E-state index is 12.4. The van der Waals surface area contributed by atoms with E-state index in [4.69, 9.17) is 4.84 Å². The molecule has 0 aromatic heterocycles. The van der Waals surface area contributed by atoms with Gasteiger partial charge in [-0.05, 0) is 24.5 Å². The van der Waals surface area contributed by atoms with Gasteiger partial charge in [0.1, 0.15) is 0 Å². The molecule has 0 unspecified atom stereocenters. The zero-order valence-electron chi connectivity index (χ0n) is 11.9. The third kappa shape index (κ3) is 2.71. The monoisotopic (exact) mass is 290 g/mol. The van der Waals surface area contributed by atoms with Crippen LogP contribution in [0.3, 0.4) is 0 Å². The third-order valence-corrected chi connectivity index (χ3v) is 3.90. The average molecular weight is 290 g/mol. The lowest BCUT2D eigenvalue weighted by molar-refractivity contribution is -0.137. The van der Waals surface area contributed by atoms with Gasteiger partial charge in [0.15, 0.2) is 0 Å². The highest BCUT2D eigenvalue weighted by Gasteiger charge is 2.32. The molecule has 0 saturated carbocycles. The van der Waals surface area contributed by atoms with Crippen LogP contribution in [-0.4, -0.2) is 43.4 Å². The summed E-state index contributed by atoms with van der Waals surface area (Å²) in [5.74, 6) is 0.0386. The number of hydroxylamine groups is 2. The van der Waals surface area contributed by atoms with Crippen molar-refractivity contribution >= 4 is 17.7 Å². The highest BCUT2D eigenvalue weighted by atomic mass is 16.7. The van der Waals surface area contributed by atoms with E-state index in [1.807, 2.05) is 24.3 Å². The van der Waals surface area contributed by atoms with Crippen LogP contribution in [-0.2, 0) is 20.8 Å². The van der Waals surface area contributed by atoms with Gasteiger partial charge in [-0.3, -0.25) is 9.63 Å². The van der Waals surface area contributed by atoms with Crippen molar-refractivity contribution in [2.24, 2.45) is 0 Å². The Kier molecular flexibility index (Phi) is 3.79. The molecule has 6 heteroatoms. The summed E-state index contributed by atoms with van der Waals surface area (Å²) in [7, 11) is 1.31. The van der Waals surface area contributed by atoms with E-state index in [2.05, 4.69) is 4.74 Å². The van der Waals surface area contributed by atoms with Crippen LogP contribution in [0.25, 0.3) is 0 Å². The number of amides is 2. The SMILES string of the molecule is COC(=O)N1CC[C@H](CC(=O)N2CCc3ccccc32)O1. The highest BCUT2D eigenvalue weighted by Crippen LogP contribution is 2.29. The summed E-state index contributed by atoms with van der Waals surface area (Å²) in [5, 5.41) is 1.18. The first kappa shape index (κ1) is 13.9. The van der Waals surface area contributed by atoms with E-state index in [1.54, 1.807) is 4.90 Å². The Bertz CT molecular complexity index is 560. The van der Waals surface area contributed by atoms with E-state index in [1.165, 1.54) is 17.7 Å². The van der Waals surface area contributed by atoms with Gasteiger partial charge in [0.2, 0.25) is 5.91 Å². The van der Waals surface area contributed by atoms with E-state index >= 15 is 0 Å². The Morgan fingerprint density at radius 3 is 2.95 bits per heavy atom. The molecule has 112 valence electrons. The zero-order chi connectivity index (χ0) is 14.8. The van der Waals surface area contributed by atoms with Gasteiger partial charge in [-0.25, -0.2) is 4.79 Å². The van der Waals surface area contributed by atoms with E-state index in [0.717, 1.165) is 12.1 Å². The predicted octanol–water partition coefficient (Wildman–Crippen LogP) is 1.74. The van der Waals surface area contributed by atoms with Gasteiger partial charge < -0.3 is 9.64 Å². The Balaban J connectivity index is 1.60. The van der Waals surface area contributed by atoms with E-state index in [0.29, 0.717) is 19.5 Å². The van der Waals surface area contributed by atoms with Gasteiger partial charge in [-0.1, -0.05) is 18.2 Å². The first-order chi connectivity index (χ1) is 10.2. The van der Waals surface area contributed by atoms with Gasteiger partial charge in [-0.2, -0.15) is 5.06 Å². The predicted molar refractivity (Wildman–Crippen MR) is 75.7 cm³/mol. The minimum absolute atomic E-state index is 0.0386. The normalized spacial score (nSPS) is 20.5. The van der Waals surface area contributed by atoms with Gasteiger partial charge in [0.25, 0.3) is 0 Å². The van der Waals surface area contributed by atoms with Gasteiger partial charge in [-0.15, -0.1) is 0 Å². The molecule has 1 aromatic carbocycles. The smallest absolute Gasteiger partial charge is 0.433 e. The summed E-state index contributed by atoms with van der Waals surface area (Å²) in [5.41, 5.74) is 2.19. The number of fused-ring (bicyclic) bond motifs is 1. The molecule has 0 N–H and O–H groups in total. The summed E-state index contributed by atoms with van der Waals surface area (Å²) < 4.78 is 4.60. The fourth-order valence-corrected chi connectivity index (χ4v) is 2.82. The second-order valence-electron chi connectivity index (χ2n) is 5.22. The fraction of sp³-hybridized carbons (Fsp3) is 0.467. The van der Waals surface area contributed by atoms with Gasteiger partial charge in [0.05, 0.1) is 26.2 Å². The summed E-state index contributed by atoms with van der Waals surface area (Å²) in [6, 6.07) is 7.95. The minimum atomic E-state index is -0.517. The number of rotatable bonds is 2. The second-order valence-corrected chi connectivity index (χ2v) is 5.22. The van der Waals surface area contributed by atoms with Gasteiger partial charge in [0, 0.05) is 12.2 Å². The maximum Gasteiger partial charge on any atom is 0.433 e. The average Bonchev–Trinajstić information content (AvgIpc) is 3.12. The van der Waals surface area contributed by atoms with Crippen LogP contribution in [0.4, 0.5) is 10.5 Å². The molecule has 2 aliphatic rings. The van der Waals surface area contributed by atoms with Crippen LogP contribution in [0.15, 0.2) is 24.3 Å². The Hall–Kier alpha value is -2.08. The molecule has 1 fully saturated rings. The molecule has 6 nitrogen and oxygen atoms in total. The molecule has 0 bridgehead atoms. The molecule has 1 saturated heterocycles. The van der Waals surface area contributed by atoms with Crippen molar-refractivity contribution in [2.45, 2.75) is 25.4 Å². The number of ether oxygens (including phenoxy) is 1. The molecule has 0 radical (unpaired) electrons. The number of para-hydroxylation sites is 1. The first-order valence-corrected chi connectivity index (χ1v) is 7.09. The van der Waals surface area contributed by atoms with E-state index in [-0.39, 0.29) is 18.4 Å². The van der Waals surface area contributed by atoms with Crippen molar-refractivity contribution < 1.29 is 19.2 Å². The lowest BCUT2D eigenvalue weighted by atomic mass is 10.1. The Morgan fingerprint density at radius 2 is 2.14 bits per heavy atom. The number of benzene rings is 1. The summed E-state index contributed by atoms with van der Waals surface area (Å²) >= 11 is 0. The second kappa shape index (κ2) is 5.73. The topological polar surface area (TPSA) is 59.1 Å². The van der Waals surface area contributed by atoms with Crippen molar-refractivity contribution in [1.82, 2.24) is 5.06 Å². The molecule has 0 aliphatic carbocycles. The summed E-state index contributed by atoms with van der Waals surface area (Å²) in [6.07, 6.45) is 1.04. The molecule has 2 aliphatic heterocycles. The number of hydrogen-bond donors (Lipinski definition) is 0.